The Labute approximate surface area is 231 Å². The number of benzene rings is 1. The van der Waals surface area contributed by atoms with Crippen LogP contribution in [-0.4, -0.2) is 87.7 Å². The lowest BCUT2D eigenvalue weighted by Crippen LogP contribution is -2.57. The second-order valence-corrected chi connectivity index (χ2v) is 9.98. The molecule has 0 bridgehead atoms. The van der Waals surface area contributed by atoms with Crippen molar-refractivity contribution in [3.63, 3.8) is 0 Å². The number of phenolic OH excluding ortho intramolecular Hbond substituents is 1. The predicted molar refractivity (Wildman–Crippen MR) is 146 cm³/mol. The van der Waals surface area contributed by atoms with Gasteiger partial charge in [-0.3, -0.25) is 19.2 Å². The molecule has 0 radical (unpaired) electrons. The molecule has 0 heterocycles. The summed E-state index contributed by atoms with van der Waals surface area (Å²) in [5.74, 6) is -4.21. The maximum absolute atomic E-state index is 13.2. The van der Waals surface area contributed by atoms with E-state index in [0.29, 0.717) is 37.1 Å². The third kappa shape index (κ3) is 13.3. The maximum atomic E-state index is 13.2. The molecule has 0 spiro atoms. The van der Waals surface area contributed by atoms with E-state index in [1.807, 2.05) is 0 Å². The van der Waals surface area contributed by atoms with Gasteiger partial charge in [-0.15, -0.1) is 0 Å². The Kier molecular flexibility index (Phi) is 15.6. The van der Waals surface area contributed by atoms with Crippen LogP contribution in [0.5, 0.6) is 5.75 Å². The molecule has 0 fully saturated rings. The molecule has 1 aromatic rings. The van der Waals surface area contributed by atoms with Gasteiger partial charge in [-0.05, 0) is 61.9 Å². The summed E-state index contributed by atoms with van der Waals surface area (Å²) < 4.78 is 0. The predicted octanol–water partition coefficient (Wildman–Crippen LogP) is -0.452. The van der Waals surface area contributed by atoms with Gasteiger partial charge >= 0.3 is 11.9 Å². The third-order valence-electron chi connectivity index (χ3n) is 5.82. The molecule has 0 aliphatic carbocycles. The lowest BCUT2D eigenvalue weighted by atomic mass is 10.0. The Morgan fingerprint density at radius 1 is 0.846 bits per heavy atom. The van der Waals surface area contributed by atoms with Crippen LogP contribution < -0.4 is 27.4 Å². The number of thioether (sulfide) groups is 1. The summed E-state index contributed by atoms with van der Waals surface area (Å²) in [6, 6.07) is 1.15. The van der Waals surface area contributed by atoms with Crippen LogP contribution in [0.25, 0.3) is 0 Å². The highest BCUT2D eigenvalue weighted by Crippen LogP contribution is 2.13. The van der Waals surface area contributed by atoms with Crippen LogP contribution in [0.2, 0.25) is 0 Å². The summed E-state index contributed by atoms with van der Waals surface area (Å²) in [6.07, 6.45) is 2.75. The third-order valence-corrected chi connectivity index (χ3v) is 6.46. The number of hydrogen-bond acceptors (Lipinski definition) is 9. The standard InChI is InChI=1S/C25H39N5O8S/c1-39-13-11-19(25(37)38)29-24(36)20(14-15-5-7-16(31)8-6-15)30-23(35)18(9-10-21(32)33)28-22(34)17(27)4-2-3-12-26/h5-8,17-20,31H,2-4,9-14,26-27H2,1H3,(H,28,34)(H,29,36)(H,30,35)(H,32,33)(H,37,38). The zero-order valence-electron chi connectivity index (χ0n) is 21.9. The smallest absolute Gasteiger partial charge is 0.326 e. The molecular formula is C25H39N5O8S. The van der Waals surface area contributed by atoms with Crippen molar-refractivity contribution in [2.24, 2.45) is 11.5 Å². The fourth-order valence-electron chi connectivity index (χ4n) is 3.57. The molecule has 218 valence electrons. The molecule has 4 unspecified atom stereocenters. The van der Waals surface area contributed by atoms with Gasteiger partial charge in [0.2, 0.25) is 17.7 Å². The van der Waals surface area contributed by atoms with Gasteiger partial charge < -0.3 is 42.7 Å². The van der Waals surface area contributed by atoms with E-state index in [0.717, 1.165) is 0 Å². The first-order valence-corrected chi connectivity index (χ1v) is 14.0. The quantitative estimate of drug-likeness (QED) is 0.0993. The first-order chi connectivity index (χ1) is 18.5. The summed E-state index contributed by atoms with van der Waals surface area (Å²) in [5.41, 5.74) is 11.9. The highest BCUT2D eigenvalue weighted by Gasteiger charge is 2.30. The number of nitrogens with two attached hydrogens (primary N) is 2. The molecule has 0 aliphatic rings. The first kappa shape index (κ1) is 33.7. The minimum Gasteiger partial charge on any atom is -0.508 e. The fourth-order valence-corrected chi connectivity index (χ4v) is 4.04. The number of phenols is 1. The number of carbonyl (C=O) groups excluding carboxylic acids is 3. The summed E-state index contributed by atoms with van der Waals surface area (Å²) in [4.78, 5) is 61.8. The van der Waals surface area contributed by atoms with E-state index < -0.39 is 60.2 Å². The zero-order valence-corrected chi connectivity index (χ0v) is 22.7. The van der Waals surface area contributed by atoms with Crippen LogP contribution in [-0.2, 0) is 30.4 Å². The second-order valence-electron chi connectivity index (χ2n) is 9.00. The number of carboxylic acids is 2. The van der Waals surface area contributed by atoms with Gasteiger partial charge in [0.25, 0.3) is 0 Å². The Balaban J connectivity index is 3.12. The van der Waals surface area contributed by atoms with Crippen molar-refractivity contribution in [2.45, 2.75) is 69.1 Å². The lowest BCUT2D eigenvalue weighted by molar-refractivity contribution is -0.142. The minimum atomic E-state index is -1.31. The molecule has 10 N–H and O–H groups in total. The van der Waals surface area contributed by atoms with Crippen LogP contribution in [0.3, 0.4) is 0 Å². The molecule has 3 amide bonds. The molecule has 14 heteroatoms. The van der Waals surface area contributed by atoms with E-state index in [1.165, 1.54) is 36.0 Å². The van der Waals surface area contributed by atoms with Crippen LogP contribution in [0, 0.1) is 0 Å². The zero-order chi connectivity index (χ0) is 29.4. The molecule has 1 rings (SSSR count). The van der Waals surface area contributed by atoms with Crippen LogP contribution in [0.1, 0.15) is 44.1 Å². The molecule has 39 heavy (non-hydrogen) atoms. The molecule has 0 saturated carbocycles. The number of aliphatic carboxylic acids is 2. The second kappa shape index (κ2) is 18.0. The number of carbonyl (C=O) groups is 5. The van der Waals surface area contributed by atoms with Crippen molar-refractivity contribution in [3.8, 4) is 5.75 Å². The number of unbranched alkanes of at least 4 members (excludes halogenated alkanes) is 1. The number of hydrogen-bond donors (Lipinski definition) is 8. The minimum absolute atomic E-state index is 0.00829. The number of carboxylic acid groups (broad SMARTS) is 2. The SMILES string of the molecule is CSCCC(NC(=O)C(Cc1ccc(O)cc1)NC(=O)C(CCC(=O)O)NC(=O)C(N)CCCCN)C(=O)O. The van der Waals surface area contributed by atoms with Gasteiger partial charge in [0, 0.05) is 12.8 Å². The Bertz CT molecular complexity index is 962. The van der Waals surface area contributed by atoms with Gasteiger partial charge in [0.1, 0.15) is 23.9 Å². The molecular weight excluding hydrogens is 530 g/mol. The van der Waals surface area contributed by atoms with Crippen molar-refractivity contribution in [1.82, 2.24) is 16.0 Å². The summed E-state index contributed by atoms with van der Waals surface area (Å²) in [7, 11) is 0. The van der Waals surface area contributed by atoms with Gasteiger partial charge in [-0.2, -0.15) is 11.8 Å². The average Bonchev–Trinajstić information content (AvgIpc) is 2.89. The van der Waals surface area contributed by atoms with Crippen LogP contribution in [0.15, 0.2) is 24.3 Å². The van der Waals surface area contributed by atoms with Crippen LogP contribution >= 0.6 is 11.8 Å². The van der Waals surface area contributed by atoms with E-state index >= 15 is 0 Å². The van der Waals surface area contributed by atoms with Crippen molar-refractivity contribution in [3.05, 3.63) is 29.8 Å². The highest BCUT2D eigenvalue weighted by atomic mass is 32.2. The van der Waals surface area contributed by atoms with Crippen molar-refractivity contribution in [1.29, 1.82) is 0 Å². The lowest BCUT2D eigenvalue weighted by Gasteiger charge is -2.25. The molecule has 13 nitrogen and oxygen atoms in total. The van der Waals surface area contributed by atoms with E-state index in [-0.39, 0.29) is 25.0 Å². The van der Waals surface area contributed by atoms with Crippen molar-refractivity contribution < 1.29 is 39.3 Å². The maximum Gasteiger partial charge on any atom is 0.326 e. The van der Waals surface area contributed by atoms with Gasteiger partial charge in [0.15, 0.2) is 0 Å². The van der Waals surface area contributed by atoms with E-state index in [4.69, 9.17) is 16.6 Å². The Morgan fingerprint density at radius 2 is 1.44 bits per heavy atom. The fraction of sp³-hybridized carbons (Fsp3) is 0.560. The van der Waals surface area contributed by atoms with Crippen LogP contribution in [0.4, 0.5) is 0 Å². The normalized spacial score (nSPS) is 13.9. The van der Waals surface area contributed by atoms with Gasteiger partial charge in [0.05, 0.1) is 6.04 Å². The van der Waals surface area contributed by atoms with E-state index in [2.05, 4.69) is 16.0 Å². The Hall–Kier alpha value is -3.36. The average molecular weight is 570 g/mol. The first-order valence-electron chi connectivity index (χ1n) is 12.6. The molecule has 1 aromatic carbocycles. The van der Waals surface area contributed by atoms with E-state index in [1.54, 1.807) is 6.26 Å². The number of aromatic hydroxyl groups is 1. The van der Waals surface area contributed by atoms with Gasteiger partial charge in [-0.1, -0.05) is 18.6 Å². The Morgan fingerprint density at radius 3 is 2.00 bits per heavy atom. The molecule has 4 atom stereocenters. The monoisotopic (exact) mass is 569 g/mol. The molecule has 0 aromatic heterocycles. The number of nitrogens with one attached hydrogen (secondary N) is 3. The summed E-state index contributed by atoms with van der Waals surface area (Å²) in [6.45, 7) is 0.433. The van der Waals surface area contributed by atoms with Crippen molar-refractivity contribution >= 4 is 41.4 Å². The van der Waals surface area contributed by atoms with Crippen molar-refractivity contribution in [2.75, 3.05) is 18.6 Å². The van der Waals surface area contributed by atoms with Gasteiger partial charge in [-0.25, -0.2) is 4.79 Å². The topological polar surface area (TPSA) is 234 Å². The van der Waals surface area contributed by atoms with E-state index in [9.17, 15) is 34.2 Å². The summed E-state index contributed by atoms with van der Waals surface area (Å²) >= 11 is 1.41. The largest absolute Gasteiger partial charge is 0.508 e. The highest BCUT2D eigenvalue weighted by molar-refractivity contribution is 7.98. The number of rotatable bonds is 19. The molecule has 0 saturated heterocycles. The number of amides is 3. The molecule has 0 aliphatic heterocycles. The summed E-state index contributed by atoms with van der Waals surface area (Å²) in [5, 5.41) is 35.6.